The van der Waals surface area contributed by atoms with Crippen LogP contribution in [-0.2, 0) is 9.53 Å². The highest BCUT2D eigenvalue weighted by molar-refractivity contribution is 5.78. The largest absolute Gasteiger partial charge is 0.493 e. The fourth-order valence-corrected chi connectivity index (χ4v) is 2.47. The molecule has 2 heterocycles. The molecular weight excluding hydrogens is 306 g/mol. The van der Waals surface area contributed by atoms with Crippen molar-refractivity contribution in [2.24, 2.45) is 0 Å². The Morgan fingerprint density at radius 3 is 2.88 bits per heavy atom. The summed E-state index contributed by atoms with van der Waals surface area (Å²) < 4.78 is 16.1. The number of carbonyl (C=O) groups is 1. The number of pyridine rings is 1. The number of methoxy groups -OCH3 is 1. The van der Waals surface area contributed by atoms with Crippen LogP contribution in [0.3, 0.4) is 0 Å². The van der Waals surface area contributed by atoms with Crippen molar-refractivity contribution in [2.75, 3.05) is 13.7 Å². The molecule has 2 aromatic rings. The van der Waals surface area contributed by atoms with Crippen LogP contribution < -0.4 is 9.47 Å². The van der Waals surface area contributed by atoms with Crippen molar-refractivity contribution in [3.05, 3.63) is 53.9 Å². The quantitative estimate of drug-likeness (QED) is 0.623. The summed E-state index contributed by atoms with van der Waals surface area (Å²) in [6.45, 7) is 0.605. The van der Waals surface area contributed by atoms with Crippen molar-refractivity contribution < 1.29 is 19.0 Å². The topological polar surface area (TPSA) is 57.7 Å². The van der Waals surface area contributed by atoms with Gasteiger partial charge in [0.15, 0.2) is 17.6 Å². The van der Waals surface area contributed by atoms with Gasteiger partial charge in [-0.1, -0.05) is 18.2 Å². The van der Waals surface area contributed by atoms with Gasteiger partial charge in [0.2, 0.25) is 0 Å². The Balaban J connectivity index is 1.73. The predicted octanol–water partition coefficient (Wildman–Crippen LogP) is 3.35. The maximum Gasteiger partial charge on any atom is 0.340 e. The standard InChI is InChI=1S/C19H19NO4/c1-22-18-13-14(7-9-15-5-2-3-11-20-15)8-10-16(18)24-19(21)17-6-4-12-23-17/h2-3,5,7-11,13,17H,4,6,12H2,1H3/b9-7+. The number of benzene rings is 1. The molecule has 1 atom stereocenters. The lowest BCUT2D eigenvalue weighted by Crippen LogP contribution is -2.24. The lowest BCUT2D eigenvalue weighted by atomic mass is 10.1. The third-order valence-electron chi connectivity index (χ3n) is 3.73. The second-order valence-corrected chi connectivity index (χ2v) is 5.42. The van der Waals surface area contributed by atoms with Crippen LogP contribution in [0.15, 0.2) is 42.6 Å². The van der Waals surface area contributed by atoms with Crippen molar-refractivity contribution in [2.45, 2.75) is 18.9 Å². The van der Waals surface area contributed by atoms with Crippen LogP contribution in [-0.4, -0.2) is 30.8 Å². The Kier molecular flexibility index (Phi) is 5.23. The van der Waals surface area contributed by atoms with Crippen LogP contribution in [0.5, 0.6) is 11.5 Å². The molecule has 0 aliphatic carbocycles. The number of hydrogen-bond donors (Lipinski definition) is 0. The van der Waals surface area contributed by atoms with Crippen LogP contribution in [0.1, 0.15) is 24.1 Å². The van der Waals surface area contributed by atoms with Crippen molar-refractivity contribution in [1.29, 1.82) is 0 Å². The number of hydrogen-bond acceptors (Lipinski definition) is 5. The number of nitrogens with zero attached hydrogens (tertiary/aromatic N) is 1. The van der Waals surface area contributed by atoms with Gasteiger partial charge in [-0.3, -0.25) is 4.98 Å². The summed E-state index contributed by atoms with van der Waals surface area (Å²) in [5.74, 6) is 0.528. The molecule has 0 spiro atoms. The number of aromatic nitrogens is 1. The van der Waals surface area contributed by atoms with E-state index in [9.17, 15) is 4.79 Å². The van der Waals surface area contributed by atoms with Crippen LogP contribution in [0.2, 0.25) is 0 Å². The molecule has 5 nitrogen and oxygen atoms in total. The molecule has 1 unspecified atom stereocenters. The van der Waals surface area contributed by atoms with E-state index in [1.807, 2.05) is 42.5 Å². The first-order chi connectivity index (χ1) is 11.8. The molecular formula is C19H19NO4. The average molecular weight is 325 g/mol. The molecule has 1 aromatic heterocycles. The summed E-state index contributed by atoms with van der Waals surface area (Å²) in [6.07, 6.45) is 6.69. The average Bonchev–Trinajstić information content (AvgIpc) is 3.16. The monoisotopic (exact) mass is 325 g/mol. The number of rotatable bonds is 5. The van der Waals surface area contributed by atoms with E-state index < -0.39 is 6.10 Å². The third-order valence-corrected chi connectivity index (χ3v) is 3.73. The molecule has 0 amide bonds. The molecule has 1 aromatic carbocycles. The van der Waals surface area contributed by atoms with E-state index in [4.69, 9.17) is 14.2 Å². The Labute approximate surface area is 140 Å². The van der Waals surface area contributed by atoms with E-state index in [-0.39, 0.29) is 5.97 Å². The second kappa shape index (κ2) is 7.75. The molecule has 1 saturated heterocycles. The van der Waals surface area contributed by atoms with Crippen LogP contribution in [0.4, 0.5) is 0 Å². The van der Waals surface area contributed by atoms with Gasteiger partial charge in [-0.2, -0.15) is 0 Å². The number of carbonyl (C=O) groups excluding carboxylic acids is 1. The highest BCUT2D eigenvalue weighted by Crippen LogP contribution is 2.30. The van der Waals surface area contributed by atoms with Crippen molar-refractivity contribution >= 4 is 18.1 Å². The smallest absolute Gasteiger partial charge is 0.340 e. The van der Waals surface area contributed by atoms with Gasteiger partial charge in [0.25, 0.3) is 0 Å². The van der Waals surface area contributed by atoms with E-state index in [1.165, 1.54) is 0 Å². The molecule has 1 aliphatic rings. The molecule has 24 heavy (non-hydrogen) atoms. The Hall–Kier alpha value is -2.66. The SMILES string of the molecule is COc1cc(/C=C/c2ccccn2)ccc1OC(=O)C1CCCO1. The van der Waals surface area contributed by atoms with E-state index in [0.29, 0.717) is 24.5 Å². The zero-order chi connectivity index (χ0) is 16.8. The van der Waals surface area contributed by atoms with E-state index >= 15 is 0 Å². The van der Waals surface area contributed by atoms with Crippen molar-refractivity contribution in [3.8, 4) is 11.5 Å². The van der Waals surface area contributed by atoms with Gasteiger partial charge in [0, 0.05) is 12.8 Å². The molecule has 3 rings (SSSR count). The first-order valence-corrected chi connectivity index (χ1v) is 7.87. The fourth-order valence-electron chi connectivity index (χ4n) is 2.47. The number of ether oxygens (including phenoxy) is 3. The van der Waals surface area contributed by atoms with E-state index in [0.717, 1.165) is 17.7 Å². The van der Waals surface area contributed by atoms with E-state index in [2.05, 4.69) is 4.98 Å². The molecule has 1 aliphatic heterocycles. The summed E-state index contributed by atoms with van der Waals surface area (Å²) in [6, 6.07) is 11.1. The van der Waals surface area contributed by atoms with Crippen LogP contribution in [0.25, 0.3) is 12.2 Å². The zero-order valence-electron chi connectivity index (χ0n) is 13.5. The zero-order valence-corrected chi connectivity index (χ0v) is 13.5. The first kappa shape index (κ1) is 16.2. The number of esters is 1. The fraction of sp³-hybridized carbons (Fsp3) is 0.263. The van der Waals surface area contributed by atoms with Gasteiger partial charge < -0.3 is 14.2 Å². The summed E-state index contributed by atoms with van der Waals surface area (Å²) in [5.41, 5.74) is 1.79. The normalized spacial score (nSPS) is 17.1. The maximum atomic E-state index is 12.1. The summed E-state index contributed by atoms with van der Waals surface area (Å²) >= 11 is 0. The highest BCUT2D eigenvalue weighted by atomic mass is 16.6. The van der Waals surface area contributed by atoms with Crippen LogP contribution in [0, 0.1) is 0 Å². The van der Waals surface area contributed by atoms with Gasteiger partial charge in [0.1, 0.15) is 0 Å². The Bertz CT molecular complexity index is 721. The molecule has 0 saturated carbocycles. The van der Waals surface area contributed by atoms with Gasteiger partial charge in [-0.05, 0) is 48.7 Å². The summed E-state index contributed by atoms with van der Waals surface area (Å²) in [4.78, 5) is 16.3. The lowest BCUT2D eigenvalue weighted by Gasteiger charge is -2.12. The maximum absolute atomic E-state index is 12.1. The molecule has 0 N–H and O–H groups in total. The Morgan fingerprint density at radius 2 is 2.17 bits per heavy atom. The first-order valence-electron chi connectivity index (χ1n) is 7.87. The van der Waals surface area contributed by atoms with Crippen molar-refractivity contribution in [3.63, 3.8) is 0 Å². The minimum absolute atomic E-state index is 0.373. The Morgan fingerprint density at radius 1 is 1.25 bits per heavy atom. The third kappa shape index (κ3) is 4.00. The van der Waals surface area contributed by atoms with Gasteiger partial charge in [-0.25, -0.2) is 4.79 Å². The molecule has 1 fully saturated rings. The molecule has 0 bridgehead atoms. The molecule has 0 radical (unpaired) electrons. The lowest BCUT2D eigenvalue weighted by molar-refractivity contribution is -0.144. The summed E-state index contributed by atoms with van der Waals surface area (Å²) in [5, 5.41) is 0. The van der Waals surface area contributed by atoms with Crippen LogP contribution >= 0.6 is 0 Å². The minimum atomic E-state index is -0.474. The van der Waals surface area contributed by atoms with E-state index in [1.54, 1.807) is 19.4 Å². The van der Waals surface area contributed by atoms with Gasteiger partial charge in [-0.15, -0.1) is 0 Å². The predicted molar refractivity (Wildman–Crippen MR) is 90.8 cm³/mol. The van der Waals surface area contributed by atoms with Gasteiger partial charge in [0.05, 0.1) is 12.8 Å². The minimum Gasteiger partial charge on any atom is -0.493 e. The van der Waals surface area contributed by atoms with Gasteiger partial charge >= 0.3 is 5.97 Å². The van der Waals surface area contributed by atoms with Crippen molar-refractivity contribution in [1.82, 2.24) is 4.98 Å². The highest BCUT2D eigenvalue weighted by Gasteiger charge is 2.26. The summed E-state index contributed by atoms with van der Waals surface area (Å²) in [7, 11) is 1.55. The molecule has 124 valence electrons. The molecule has 5 heteroatoms. The second-order valence-electron chi connectivity index (χ2n) is 5.42.